The lowest BCUT2D eigenvalue weighted by Crippen LogP contribution is -2.29. The van der Waals surface area contributed by atoms with Crippen molar-refractivity contribution in [2.75, 3.05) is 6.54 Å². The minimum atomic E-state index is 0.315. The van der Waals surface area contributed by atoms with Gasteiger partial charge >= 0.3 is 0 Å². The molecule has 1 heterocycles. The topological polar surface area (TPSA) is 24.9 Å². The van der Waals surface area contributed by atoms with Crippen LogP contribution in [0.25, 0.3) is 0 Å². The van der Waals surface area contributed by atoms with Gasteiger partial charge in [-0.25, -0.2) is 0 Å². The van der Waals surface area contributed by atoms with Gasteiger partial charge < -0.3 is 5.32 Å². The van der Waals surface area contributed by atoms with Crippen LogP contribution in [0.2, 0.25) is 5.02 Å². The molecule has 1 aromatic heterocycles. The molecule has 1 atom stereocenters. The molecule has 0 bridgehead atoms. The number of aromatic nitrogens is 1. The number of rotatable bonds is 6. The Morgan fingerprint density at radius 1 is 1.19 bits per heavy atom. The number of pyridine rings is 1. The summed E-state index contributed by atoms with van der Waals surface area (Å²) in [7, 11) is 0. The molecule has 0 saturated carbocycles. The number of hydrogen-bond acceptors (Lipinski definition) is 2. The van der Waals surface area contributed by atoms with Crippen molar-refractivity contribution < 1.29 is 0 Å². The molecule has 0 aliphatic heterocycles. The maximum Gasteiger partial charge on any atom is 0.0441 e. The fourth-order valence-corrected chi connectivity index (χ4v) is 2.78. The van der Waals surface area contributed by atoms with E-state index in [-0.39, 0.29) is 0 Å². The summed E-state index contributed by atoms with van der Waals surface area (Å²) in [5, 5.41) is 4.33. The van der Waals surface area contributed by atoms with Gasteiger partial charge in [0.15, 0.2) is 0 Å². The van der Waals surface area contributed by atoms with Crippen molar-refractivity contribution >= 4 is 27.5 Å². The van der Waals surface area contributed by atoms with Crippen LogP contribution in [0.5, 0.6) is 0 Å². The van der Waals surface area contributed by atoms with Crippen molar-refractivity contribution in [1.29, 1.82) is 0 Å². The monoisotopic (exact) mass is 366 g/mol. The molecule has 2 aromatic rings. The van der Waals surface area contributed by atoms with E-state index in [1.54, 1.807) is 0 Å². The van der Waals surface area contributed by atoms with E-state index in [2.05, 4.69) is 52.2 Å². The van der Waals surface area contributed by atoms with Crippen molar-refractivity contribution in [2.45, 2.75) is 32.2 Å². The Hall–Kier alpha value is -0.900. The maximum absolute atomic E-state index is 6.37. The van der Waals surface area contributed by atoms with Gasteiger partial charge in [0.1, 0.15) is 0 Å². The van der Waals surface area contributed by atoms with Gasteiger partial charge in [-0.15, -0.1) is 0 Å². The van der Waals surface area contributed by atoms with Gasteiger partial charge in [-0.2, -0.15) is 0 Å². The molecule has 0 aliphatic rings. The molecule has 0 saturated heterocycles. The van der Waals surface area contributed by atoms with Crippen LogP contribution in [0, 0.1) is 0 Å². The first-order valence-electron chi connectivity index (χ1n) is 7.14. The van der Waals surface area contributed by atoms with E-state index >= 15 is 0 Å². The first-order valence-corrected chi connectivity index (χ1v) is 8.31. The second kappa shape index (κ2) is 7.92. The highest BCUT2D eigenvalue weighted by atomic mass is 79.9. The van der Waals surface area contributed by atoms with Gasteiger partial charge in [-0.3, -0.25) is 4.98 Å². The molecular weight excluding hydrogens is 348 g/mol. The zero-order chi connectivity index (χ0) is 15.2. The Balaban J connectivity index is 2.19. The minimum Gasteiger partial charge on any atom is -0.314 e. The summed E-state index contributed by atoms with van der Waals surface area (Å²) < 4.78 is 1.00. The van der Waals surface area contributed by atoms with Crippen molar-refractivity contribution in [3.05, 3.63) is 63.3 Å². The molecule has 0 fully saturated rings. The molecule has 1 aromatic carbocycles. The predicted octanol–water partition coefficient (Wildman–Crippen LogP) is 4.82. The zero-order valence-corrected chi connectivity index (χ0v) is 14.7. The Morgan fingerprint density at radius 2 is 1.95 bits per heavy atom. The summed E-state index contributed by atoms with van der Waals surface area (Å²) in [4.78, 5) is 4.48. The van der Waals surface area contributed by atoms with E-state index in [0.717, 1.165) is 28.2 Å². The van der Waals surface area contributed by atoms with Crippen LogP contribution in [0.4, 0.5) is 0 Å². The molecule has 2 nitrogen and oxygen atoms in total. The summed E-state index contributed by atoms with van der Waals surface area (Å²) in [6.07, 6.45) is 2.71. The Bertz CT molecular complexity index is 569. The van der Waals surface area contributed by atoms with Crippen LogP contribution in [0.3, 0.4) is 0 Å². The summed E-state index contributed by atoms with van der Waals surface area (Å²) in [5.41, 5.74) is 2.26. The molecule has 0 amide bonds. The number of benzene rings is 1. The molecule has 1 unspecified atom stereocenters. The van der Waals surface area contributed by atoms with Crippen molar-refractivity contribution in [3.8, 4) is 0 Å². The van der Waals surface area contributed by atoms with Gasteiger partial charge in [0.05, 0.1) is 0 Å². The molecule has 21 heavy (non-hydrogen) atoms. The smallest absolute Gasteiger partial charge is 0.0441 e. The molecule has 112 valence electrons. The second-order valence-electron chi connectivity index (χ2n) is 5.45. The quantitative estimate of drug-likeness (QED) is 0.791. The van der Waals surface area contributed by atoms with Crippen molar-refractivity contribution in [2.24, 2.45) is 0 Å². The standard InChI is InChI=1S/C17H20BrClN2/c1-12(2)20-10-13(16-5-3-4-6-17(16)19)9-15-8-7-14(18)11-21-15/h3-8,11-13,20H,9-10H2,1-2H3. The molecule has 2 rings (SSSR count). The van der Waals surface area contributed by atoms with Crippen molar-refractivity contribution in [1.82, 2.24) is 10.3 Å². The number of nitrogens with zero attached hydrogens (tertiary/aromatic N) is 1. The molecule has 4 heteroatoms. The SMILES string of the molecule is CC(C)NCC(Cc1ccc(Br)cn1)c1ccccc1Cl. The van der Waals surface area contributed by atoms with Crippen molar-refractivity contribution in [3.63, 3.8) is 0 Å². The van der Waals surface area contributed by atoms with Gasteiger partial charge in [0, 0.05) is 39.9 Å². The predicted molar refractivity (Wildman–Crippen MR) is 93.0 cm³/mol. The molecular formula is C17H20BrClN2. The third-order valence-corrected chi connectivity index (χ3v) is 4.18. The maximum atomic E-state index is 6.37. The molecule has 1 N–H and O–H groups in total. The van der Waals surface area contributed by atoms with E-state index in [1.165, 1.54) is 5.56 Å². The summed E-state index contributed by atoms with van der Waals surface area (Å²) in [6.45, 7) is 5.20. The van der Waals surface area contributed by atoms with Crippen LogP contribution < -0.4 is 5.32 Å². The Morgan fingerprint density at radius 3 is 2.57 bits per heavy atom. The lowest BCUT2D eigenvalue weighted by Gasteiger charge is -2.20. The van der Waals surface area contributed by atoms with Gasteiger partial charge in [-0.1, -0.05) is 43.6 Å². The largest absolute Gasteiger partial charge is 0.314 e. The Kier molecular flexibility index (Phi) is 6.22. The van der Waals surface area contributed by atoms with E-state index < -0.39 is 0 Å². The van der Waals surface area contributed by atoms with Crippen LogP contribution in [0.15, 0.2) is 47.1 Å². The fourth-order valence-electron chi connectivity index (χ4n) is 2.26. The molecule has 0 radical (unpaired) electrons. The number of nitrogens with one attached hydrogen (secondary N) is 1. The van der Waals surface area contributed by atoms with Gasteiger partial charge in [0.2, 0.25) is 0 Å². The van der Waals surface area contributed by atoms with Crippen LogP contribution in [0.1, 0.15) is 31.0 Å². The summed E-state index contributed by atoms with van der Waals surface area (Å²) in [5.74, 6) is 0.315. The van der Waals surface area contributed by atoms with E-state index in [1.807, 2.05) is 30.5 Å². The van der Waals surface area contributed by atoms with Gasteiger partial charge in [-0.05, 0) is 46.1 Å². The second-order valence-corrected chi connectivity index (χ2v) is 6.78. The normalized spacial score (nSPS) is 12.6. The lowest BCUT2D eigenvalue weighted by atomic mass is 9.93. The van der Waals surface area contributed by atoms with E-state index in [0.29, 0.717) is 12.0 Å². The number of halogens is 2. The van der Waals surface area contributed by atoms with Crippen LogP contribution in [-0.4, -0.2) is 17.6 Å². The highest BCUT2D eigenvalue weighted by Crippen LogP contribution is 2.27. The summed E-state index contributed by atoms with van der Waals surface area (Å²) >= 11 is 9.79. The minimum absolute atomic E-state index is 0.315. The lowest BCUT2D eigenvalue weighted by molar-refractivity contribution is 0.524. The third-order valence-electron chi connectivity index (χ3n) is 3.36. The average Bonchev–Trinajstić information content (AvgIpc) is 2.46. The molecule has 0 aliphatic carbocycles. The Labute approximate surface area is 140 Å². The van der Waals surface area contributed by atoms with Crippen LogP contribution in [-0.2, 0) is 6.42 Å². The van der Waals surface area contributed by atoms with Gasteiger partial charge in [0.25, 0.3) is 0 Å². The number of hydrogen-bond donors (Lipinski definition) is 1. The molecule has 0 spiro atoms. The third kappa shape index (κ3) is 5.10. The van der Waals surface area contributed by atoms with Crippen LogP contribution >= 0.6 is 27.5 Å². The first kappa shape index (κ1) is 16.5. The summed E-state index contributed by atoms with van der Waals surface area (Å²) in [6, 6.07) is 12.6. The zero-order valence-electron chi connectivity index (χ0n) is 12.3. The first-order chi connectivity index (χ1) is 10.1. The average molecular weight is 368 g/mol. The fraction of sp³-hybridized carbons (Fsp3) is 0.353. The highest BCUT2D eigenvalue weighted by Gasteiger charge is 2.16. The van der Waals surface area contributed by atoms with E-state index in [9.17, 15) is 0 Å². The highest BCUT2D eigenvalue weighted by molar-refractivity contribution is 9.10. The van der Waals surface area contributed by atoms with E-state index in [4.69, 9.17) is 11.6 Å².